The zero-order valence-corrected chi connectivity index (χ0v) is 12.3. The molecule has 17 heavy (non-hydrogen) atoms. The predicted octanol–water partition coefficient (Wildman–Crippen LogP) is 3.20. The lowest BCUT2D eigenvalue weighted by Crippen LogP contribution is -2.51. The summed E-state index contributed by atoms with van der Waals surface area (Å²) < 4.78 is 1.18. The maximum absolute atomic E-state index is 3.56. The topological polar surface area (TPSA) is 15.3 Å². The van der Waals surface area contributed by atoms with Crippen molar-refractivity contribution in [1.29, 1.82) is 0 Å². The molecule has 0 aliphatic carbocycles. The Morgan fingerprint density at radius 3 is 2.94 bits per heavy atom. The molecule has 0 saturated carbocycles. The maximum atomic E-state index is 3.56. The van der Waals surface area contributed by atoms with Crippen LogP contribution in [0.1, 0.15) is 25.8 Å². The van der Waals surface area contributed by atoms with Gasteiger partial charge < -0.3 is 10.2 Å². The van der Waals surface area contributed by atoms with E-state index in [2.05, 4.69) is 58.2 Å². The molecule has 1 aromatic carbocycles. The Balaban J connectivity index is 2.30. The largest absolute Gasteiger partial charge is 0.366 e. The molecule has 1 saturated heterocycles. The molecule has 2 nitrogen and oxygen atoms in total. The zero-order chi connectivity index (χ0) is 12.3. The Bertz CT molecular complexity index is 378. The molecule has 1 heterocycles. The molecule has 0 amide bonds. The minimum Gasteiger partial charge on any atom is -0.366 e. The van der Waals surface area contributed by atoms with Gasteiger partial charge in [0.15, 0.2) is 0 Å². The minimum atomic E-state index is 0.634. The van der Waals surface area contributed by atoms with E-state index in [-0.39, 0.29) is 0 Å². The van der Waals surface area contributed by atoms with Crippen LogP contribution in [0.15, 0.2) is 22.7 Å². The van der Waals surface area contributed by atoms with Gasteiger partial charge in [-0.2, -0.15) is 0 Å². The van der Waals surface area contributed by atoms with Gasteiger partial charge in [-0.1, -0.05) is 29.8 Å². The van der Waals surface area contributed by atoms with E-state index < -0.39 is 0 Å². The summed E-state index contributed by atoms with van der Waals surface area (Å²) in [6.07, 6.45) is 2.29. The number of hydrogen-bond acceptors (Lipinski definition) is 2. The van der Waals surface area contributed by atoms with Gasteiger partial charge in [-0.15, -0.1) is 0 Å². The molecular weight excluding hydrogens is 276 g/mol. The van der Waals surface area contributed by atoms with Crippen LogP contribution in [-0.2, 0) is 6.42 Å². The van der Waals surface area contributed by atoms with Gasteiger partial charge in [0, 0.05) is 35.8 Å². The highest BCUT2D eigenvalue weighted by molar-refractivity contribution is 9.10. The van der Waals surface area contributed by atoms with Gasteiger partial charge in [0.2, 0.25) is 0 Å². The third-order valence-electron chi connectivity index (χ3n) is 3.55. The third-order valence-corrected chi connectivity index (χ3v) is 4.05. The Hall–Kier alpha value is -0.540. The van der Waals surface area contributed by atoms with E-state index in [1.54, 1.807) is 0 Å². The Morgan fingerprint density at radius 1 is 1.41 bits per heavy atom. The summed E-state index contributed by atoms with van der Waals surface area (Å²) >= 11 is 3.56. The molecule has 1 aliphatic heterocycles. The first-order chi connectivity index (χ1) is 8.26. The van der Waals surface area contributed by atoms with E-state index in [1.165, 1.54) is 22.1 Å². The highest BCUT2D eigenvalue weighted by atomic mass is 79.9. The first-order valence-electron chi connectivity index (χ1n) is 6.52. The lowest BCUT2D eigenvalue weighted by molar-refractivity contribution is 0.465. The Kier molecular flexibility index (Phi) is 4.46. The number of benzene rings is 1. The number of hydrogen-bond donors (Lipinski definition) is 1. The van der Waals surface area contributed by atoms with Crippen LogP contribution in [0.5, 0.6) is 0 Å². The van der Waals surface area contributed by atoms with Crippen LogP contribution >= 0.6 is 15.9 Å². The standard InChI is InChI=1S/C14H21BrN2/c1-3-11-9-12(15)5-6-14(11)17-8-7-16-10-13(17)4-2/h5-6,9,13,16H,3-4,7-8,10H2,1-2H3. The summed E-state index contributed by atoms with van der Waals surface area (Å²) in [5.41, 5.74) is 2.86. The minimum absolute atomic E-state index is 0.634. The van der Waals surface area contributed by atoms with Crippen LogP contribution in [0.2, 0.25) is 0 Å². The lowest BCUT2D eigenvalue weighted by atomic mass is 10.0. The summed E-state index contributed by atoms with van der Waals surface area (Å²) in [5, 5.41) is 3.48. The molecule has 2 rings (SSSR count). The van der Waals surface area contributed by atoms with Crippen molar-refractivity contribution in [3.05, 3.63) is 28.2 Å². The summed E-state index contributed by atoms with van der Waals surface area (Å²) in [6.45, 7) is 7.82. The highest BCUT2D eigenvalue weighted by Gasteiger charge is 2.22. The number of nitrogens with zero attached hydrogens (tertiary/aromatic N) is 1. The van der Waals surface area contributed by atoms with Crippen molar-refractivity contribution < 1.29 is 0 Å². The van der Waals surface area contributed by atoms with Crippen LogP contribution in [-0.4, -0.2) is 25.7 Å². The summed E-state index contributed by atoms with van der Waals surface area (Å²) in [7, 11) is 0. The van der Waals surface area contributed by atoms with Crippen molar-refractivity contribution in [3.8, 4) is 0 Å². The fraction of sp³-hybridized carbons (Fsp3) is 0.571. The first kappa shape index (κ1) is 12.9. The second-order valence-electron chi connectivity index (χ2n) is 4.59. The van der Waals surface area contributed by atoms with Crippen molar-refractivity contribution in [2.45, 2.75) is 32.7 Å². The fourth-order valence-electron chi connectivity index (χ4n) is 2.56. The monoisotopic (exact) mass is 296 g/mol. The third kappa shape index (κ3) is 2.83. The zero-order valence-electron chi connectivity index (χ0n) is 10.7. The number of aryl methyl sites for hydroxylation is 1. The van der Waals surface area contributed by atoms with Crippen molar-refractivity contribution in [2.75, 3.05) is 24.5 Å². The van der Waals surface area contributed by atoms with Crippen molar-refractivity contribution in [2.24, 2.45) is 0 Å². The predicted molar refractivity (Wildman–Crippen MR) is 77.8 cm³/mol. The molecule has 0 aromatic heterocycles. The molecule has 1 unspecified atom stereocenters. The van der Waals surface area contributed by atoms with Crippen molar-refractivity contribution in [3.63, 3.8) is 0 Å². The van der Waals surface area contributed by atoms with E-state index in [0.29, 0.717) is 6.04 Å². The molecule has 1 aromatic rings. The van der Waals surface area contributed by atoms with E-state index >= 15 is 0 Å². The van der Waals surface area contributed by atoms with E-state index in [0.717, 1.165) is 26.1 Å². The fourth-order valence-corrected chi connectivity index (χ4v) is 2.97. The van der Waals surface area contributed by atoms with Crippen LogP contribution < -0.4 is 10.2 Å². The molecule has 94 valence electrons. The maximum Gasteiger partial charge on any atom is 0.0412 e. The molecule has 1 fully saturated rings. The average Bonchev–Trinajstić information content (AvgIpc) is 2.38. The molecule has 0 radical (unpaired) electrons. The van der Waals surface area contributed by atoms with Gasteiger partial charge in [-0.25, -0.2) is 0 Å². The lowest BCUT2D eigenvalue weighted by Gasteiger charge is -2.38. The average molecular weight is 297 g/mol. The molecule has 1 N–H and O–H groups in total. The number of rotatable bonds is 3. The van der Waals surface area contributed by atoms with E-state index in [1.807, 2.05) is 0 Å². The van der Waals surface area contributed by atoms with Crippen LogP contribution in [0, 0.1) is 0 Å². The van der Waals surface area contributed by atoms with Gasteiger partial charge in [-0.05, 0) is 36.6 Å². The molecule has 0 bridgehead atoms. The van der Waals surface area contributed by atoms with Crippen LogP contribution in [0.3, 0.4) is 0 Å². The van der Waals surface area contributed by atoms with Gasteiger partial charge >= 0.3 is 0 Å². The molecule has 1 aliphatic rings. The molecule has 3 heteroatoms. The molecule has 1 atom stereocenters. The molecule has 0 spiro atoms. The summed E-state index contributed by atoms with van der Waals surface area (Å²) in [4.78, 5) is 2.57. The highest BCUT2D eigenvalue weighted by Crippen LogP contribution is 2.27. The SMILES string of the molecule is CCc1cc(Br)ccc1N1CCNCC1CC. The number of piperazine rings is 1. The summed E-state index contributed by atoms with van der Waals surface area (Å²) in [6, 6.07) is 7.31. The quantitative estimate of drug-likeness (QED) is 0.921. The van der Waals surface area contributed by atoms with Gasteiger partial charge in [0.25, 0.3) is 0 Å². The number of halogens is 1. The van der Waals surface area contributed by atoms with Crippen LogP contribution in [0.4, 0.5) is 5.69 Å². The smallest absolute Gasteiger partial charge is 0.0412 e. The van der Waals surface area contributed by atoms with Gasteiger partial charge in [0.1, 0.15) is 0 Å². The number of anilines is 1. The van der Waals surface area contributed by atoms with Crippen molar-refractivity contribution in [1.82, 2.24) is 5.32 Å². The normalized spacial score (nSPS) is 20.6. The second-order valence-corrected chi connectivity index (χ2v) is 5.50. The van der Waals surface area contributed by atoms with Crippen LogP contribution in [0.25, 0.3) is 0 Å². The van der Waals surface area contributed by atoms with E-state index in [4.69, 9.17) is 0 Å². The van der Waals surface area contributed by atoms with Gasteiger partial charge in [-0.3, -0.25) is 0 Å². The Labute approximate surface area is 113 Å². The van der Waals surface area contributed by atoms with Gasteiger partial charge in [0.05, 0.1) is 0 Å². The number of nitrogens with one attached hydrogen (secondary N) is 1. The van der Waals surface area contributed by atoms with Crippen molar-refractivity contribution >= 4 is 21.6 Å². The summed E-state index contributed by atoms with van der Waals surface area (Å²) in [5.74, 6) is 0. The Morgan fingerprint density at radius 2 is 2.24 bits per heavy atom. The second kappa shape index (κ2) is 5.87. The molecular formula is C14H21BrN2. The first-order valence-corrected chi connectivity index (χ1v) is 7.31. The van der Waals surface area contributed by atoms with E-state index in [9.17, 15) is 0 Å².